The smallest absolute Gasteiger partial charge is 0.234 e. The molecular weight excluding hydrogens is 372 g/mol. The molecule has 2 amide bonds. The Balaban J connectivity index is 1.68. The zero-order valence-corrected chi connectivity index (χ0v) is 16.8. The summed E-state index contributed by atoms with van der Waals surface area (Å²) in [5, 5.41) is 7.31. The molecule has 7 heteroatoms. The van der Waals surface area contributed by atoms with Crippen LogP contribution in [0.5, 0.6) is 0 Å². The molecule has 0 bridgehead atoms. The van der Waals surface area contributed by atoms with Crippen molar-refractivity contribution in [1.82, 2.24) is 9.97 Å². The molecule has 1 heterocycles. The molecule has 0 unspecified atom stereocenters. The van der Waals surface area contributed by atoms with E-state index in [4.69, 9.17) is 0 Å². The van der Waals surface area contributed by atoms with Crippen LogP contribution in [0.1, 0.15) is 32.5 Å². The fourth-order valence-electron chi connectivity index (χ4n) is 2.60. The number of hydrogen-bond acceptors (Lipinski definition) is 5. The summed E-state index contributed by atoms with van der Waals surface area (Å²) in [6, 6.07) is 14.8. The number of carbonyl (C=O) groups is 2. The number of thioether (sulfide) groups is 1. The third-order valence-electron chi connectivity index (χ3n) is 3.93. The maximum atomic E-state index is 12.4. The fraction of sp³-hybridized carbons (Fsp3) is 0.238. The highest BCUT2D eigenvalue weighted by molar-refractivity contribution is 8.00. The molecule has 0 saturated carbocycles. The van der Waals surface area contributed by atoms with Crippen LogP contribution in [0.25, 0.3) is 10.9 Å². The van der Waals surface area contributed by atoms with Crippen molar-refractivity contribution in [3.05, 3.63) is 54.4 Å². The van der Waals surface area contributed by atoms with E-state index in [1.807, 2.05) is 24.3 Å². The second kappa shape index (κ2) is 8.84. The number of aromatic nitrogens is 2. The van der Waals surface area contributed by atoms with E-state index in [0.717, 1.165) is 21.8 Å². The highest BCUT2D eigenvalue weighted by Crippen LogP contribution is 2.27. The highest BCUT2D eigenvalue weighted by atomic mass is 32.2. The molecule has 6 nitrogen and oxygen atoms in total. The molecule has 0 fully saturated rings. The van der Waals surface area contributed by atoms with Crippen LogP contribution in [-0.2, 0) is 9.59 Å². The maximum Gasteiger partial charge on any atom is 0.234 e. The van der Waals surface area contributed by atoms with Crippen molar-refractivity contribution in [1.29, 1.82) is 0 Å². The van der Waals surface area contributed by atoms with Gasteiger partial charge < -0.3 is 10.6 Å². The quantitative estimate of drug-likeness (QED) is 0.477. The number of amides is 2. The van der Waals surface area contributed by atoms with Gasteiger partial charge in [0, 0.05) is 29.6 Å². The third kappa shape index (κ3) is 5.07. The van der Waals surface area contributed by atoms with Crippen LogP contribution in [0.4, 0.5) is 11.4 Å². The maximum absolute atomic E-state index is 12.4. The molecule has 0 aliphatic heterocycles. The van der Waals surface area contributed by atoms with Crippen LogP contribution < -0.4 is 10.6 Å². The molecular formula is C21H22N4O2S. The van der Waals surface area contributed by atoms with Crippen LogP contribution in [0.3, 0.4) is 0 Å². The second-order valence-corrected chi connectivity index (χ2v) is 7.62. The molecule has 2 N–H and O–H groups in total. The summed E-state index contributed by atoms with van der Waals surface area (Å²) in [6.45, 7) is 5.56. The average molecular weight is 395 g/mol. The van der Waals surface area contributed by atoms with Crippen molar-refractivity contribution >= 4 is 45.9 Å². The Morgan fingerprint density at radius 1 is 0.964 bits per heavy atom. The summed E-state index contributed by atoms with van der Waals surface area (Å²) < 4.78 is 0. The number of hydrogen-bond donors (Lipinski definition) is 2. The van der Waals surface area contributed by atoms with Gasteiger partial charge in [-0.25, -0.2) is 9.97 Å². The lowest BCUT2D eigenvalue weighted by Gasteiger charge is -2.10. The summed E-state index contributed by atoms with van der Waals surface area (Å²) >= 11 is 1.40. The molecule has 0 atom stereocenters. The van der Waals surface area contributed by atoms with Crippen molar-refractivity contribution in [3.8, 4) is 0 Å². The van der Waals surface area contributed by atoms with Crippen LogP contribution in [0.2, 0.25) is 0 Å². The number of rotatable bonds is 6. The minimum Gasteiger partial charge on any atom is -0.326 e. The predicted octanol–water partition coefficient (Wildman–Crippen LogP) is 4.44. The Morgan fingerprint density at radius 3 is 2.25 bits per heavy atom. The van der Waals surface area contributed by atoms with Crippen LogP contribution in [0.15, 0.2) is 53.6 Å². The summed E-state index contributed by atoms with van der Waals surface area (Å²) in [5.74, 6) is 0.971. The number of nitrogens with zero attached hydrogens (tertiary/aromatic N) is 2. The molecule has 2 aromatic carbocycles. The van der Waals surface area contributed by atoms with Crippen molar-refractivity contribution in [2.45, 2.75) is 31.7 Å². The van der Waals surface area contributed by atoms with Gasteiger partial charge >= 0.3 is 0 Å². The van der Waals surface area contributed by atoms with E-state index >= 15 is 0 Å². The first-order valence-electron chi connectivity index (χ1n) is 8.99. The lowest BCUT2D eigenvalue weighted by molar-refractivity contribution is -0.114. The molecule has 0 radical (unpaired) electrons. The first-order chi connectivity index (χ1) is 13.4. The molecule has 1 aromatic heterocycles. The van der Waals surface area contributed by atoms with Gasteiger partial charge in [-0.15, -0.1) is 0 Å². The standard InChI is InChI=1S/C21H22N4O2S/c1-13(2)20-24-18-7-5-4-6-17(18)21(25-20)28-12-19(27)23-16-10-8-15(9-11-16)22-14(3)26/h4-11,13H,12H2,1-3H3,(H,22,26)(H,23,27). The molecule has 3 rings (SSSR count). The third-order valence-corrected chi connectivity index (χ3v) is 4.92. The first-order valence-corrected chi connectivity index (χ1v) is 9.98. The van der Waals surface area contributed by atoms with E-state index in [-0.39, 0.29) is 23.5 Å². The van der Waals surface area contributed by atoms with E-state index in [1.165, 1.54) is 18.7 Å². The van der Waals surface area contributed by atoms with E-state index < -0.39 is 0 Å². The Morgan fingerprint density at radius 2 is 1.61 bits per heavy atom. The Labute approximate surface area is 168 Å². The number of nitrogens with one attached hydrogen (secondary N) is 2. The van der Waals surface area contributed by atoms with E-state index in [1.54, 1.807) is 24.3 Å². The first kappa shape index (κ1) is 19.8. The van der Waals surface area contributed by atoms with Crippen LogP contribution >= 0.6 is 11.8 Å². The van der Waals surface area contributed by atoms with Gasteiger partial charge in [-0.3, -0.25) is 9.59 Å². The normalized spacial score (nSPS) is 10.9. The molecule has 0 aliphatic rings. The zero-order valence-electron chi connectivity index (χ0n) is 16.0. The minimum atomic E-state index is -0.133. The number of para-hydroxylation sites is 1. The molecule has 0 spiro atoms. The van der Waals surface area contributed by atoms with Gasteiger partial charge in [-0.05, 0) is 30.3 Å². The van der Waals surface area contributed by atoms with E-state index in [0.29, 0.717) is 11.4 Å². The molecule has 28 heavy (non-hydrogen) atoms. The summed E-state index contributed by atoms with van der Waals surface area (Å²) in [7, 11) is 0. The van der Waals surface area contributed by atoms with Crippen molar-refractivity contribution in [2.24, 2.45) is 0 Å². The number of anilines is 2. The van der Waals surface area contributed by atoms with Gasteiger partial charge in [0.1, 0.15) is 10.9 Å². The number of benzene rings is 2. The number of fused-ring (bicyclic) bond motifs is 1. The van der Waals surface area contributed by atoms with Gasteiger partial charge in [-0.2, -0.15) is 0 Å². The Hall–Kier alpha value is -2.93. The average Bonchev–Trinajstić information content (AvgIpc) is 2.67. The fourth-order valence-corrected chi connectivity index (χ4v) is 3.43. The number of carbonyl (C=O) groups excluding carboxylic acids is 2. The summed E-state index contributed by atoms with van der Waals surface area (Å²) in [4.78, 5) is 32.7. The Bertz CT molecular complexity index is 1000. The highest BCUT2D eigenvalue weighted by Gasteiger charge is 2.12. The van der Waals surface area contributed by atoms with Crippen molar-refractivity contribution in [3.63, 3.8) is 0 Å². The molecule has 0 saturated heterocycles. The molecule has 3 aromatic rings. The second-order valence-electron chi connectivity index (χ2n) is 6.65. The predicted molar refractivity (Wildman–Crippen MR) is 114 cm³/mol. The van der Waals surface area contributed by atoms with Gasteiger partial charge in [-0.1, -0.05) is 43.8 Å². The minimum absolute atomic E-state index is 0.119. The zero-order chi connectivity index (χ0) is 20.1. The van der Waals surface area contributed by atoms with Crippen molar-refractivity contribution < 1.29 is 9.59 Å². The van der Waals surface area contributed by atoms with E-state index in [9.17, 15) is 9.59 Å². The topological polar surface area (TPSA) is 84.0 Å². The van der Waals surface area contributed by atoms with Gasteiger partial charge in [0.2, 0.25) is 11.8 Å². The molecule has 144 valence electrons. The lowest BCUT2D eigenvalue weighted by Crippen LogP contribution is -2.14. The van der Waals surface area contributed by atoms with Gasteiger partial charge in [0.05, 0.1) is 11.3 Å². The van der Waals surface area contributed by atoms with Crippen molar-refractivity contribution in [2.75, 3.05) is 16.4 Å². The lowest BCUT2D eigenvalue weighted by atomic mass is 10.2. The molecule has 0 aliphatic carbocycles. The largest absolute Gasteiger partial charge is 0.326 e. The SMILES string of the molecule is CC(=O)Nc1ccc(NC(=O)CSc2nc(C(C)C)nc3ccccc23)cc1. The van der Waals surface area contributed by atoms with Gasteiger partial charge in [0.25, 0.3) is 0 Å². The summed E-state index contributed by atoms with van der Waals surface area (Å²) in [6.07, 6.45) is 0. The van der Waals surface area contributed by atoms with Crippen LogP contribution in [0, 0.1) is 0 Å². The monoisotopic (exact) mass is 394 g/mol. The van der Waals surface area contributed by atoms with Gasteiger partial charge in [0.15, 0.2) is 0 Å². The summed E-state index contributed by atoms with van der Waals surface area (Å²) in [5.41, 5.74) is 2.25. The Kier molecular flexibility index (Phi) is 6.26. The van der Waals surface area contributed by atoms with Crippen LogP contribution in [-0.4, -0.2) is 27.5 Å². The van der Waals surface area contributed by atoms with E-state index in [2.05, 4.69) is 34.4 Å².